The lowest BCUT2D eigenvalue weighted by molar-refractivity contribution is -0.662. The van der Waals surface area contributed by atoms with Crippen molar-refractivity contribution in [1.82, 2.24) is 9.55 Å². The van der Waals surface area contributed by atoms with Crippen LogP contribution in [-0.4, -0.2) is 9.55 Å². The molecular formula is C23H20N3+. The average Bonchev–Trinajstić information content (AvgIpc) is 3.21. The van der Waals surface area contributed by atoms with E-state index in [4.69, 9.17) is 0 Å². The molecule has 0 aliphatic carbocycles. The molecule has 0 aliphatic heterocycles. The third kappa shape index (κ3) is 2.32. The summed E-state index contributed by atoms with van der Waals surface area (Å²) in [7, 11) is 0. The van der Waals surface area contributed by atoms with E-state index in [1.165, 1.54) is 33.1 Å². The molecule has 0 atom stereocenters. The Morgan fingerprint density at radius 3 is 2.42 bits per heavy atom. The molecule has 3 aromatic carbocycles. The van der Waals surface area contributed by atoms with Crippen LogP contribution < -0.4 is 4.57 Å². The molecule has 2 aromatic heterocycles. The fourth-order valence-electron chi connectivity index (χ4n) is 3.77. The van der Waals surface area contributed by atoms with Crippen molar-refractivity contribution >= 4 is 21.9 Å². The Balaban J connectivity index is 1.72. The van der Waals surface area contributed by atoms with Crippen LogP contribution in [0.4, 0.5) is 0 Å². The third-order valence-corrected chi connectivity index (χ3v) is 5.08. The van der Waals surface area contributed by atoms with Gasteiger partial charge in [-0.2, -0.15) is 4.57 Å². The van der Waals surface area contributed by atoms with Gasteiger partial charge in [0.25, 0.3) is 6.33 Å². The van der Waals surface area contributed by atoms with Crippen LogP contribution in [0.2, 0.25) is 0 Å². The second kappa shape index (κ2) is 5.88. The third-order valence-electron chi connectivity index (χ3n) is 5.08. The fraction of sp³-hybridized carbons (Fsp3) is 0.0870. The van der Waals surface area contributed by atoms with Gasteiger partial charge in [-0.15, -0.1) is 0 Å². The van der Waals surface area contributed by atoms with Gasteiger partial charge < -0.3 is 4.98 Å². The van der Waals surface area contributed by atoms with Crippen LogP contribution in [0.1, 0.15) is 11.1 Å². The number of hydrogen-bond acceptors (Lipinski definition) is 0. The molecule has 0 radical (unpaired) electrons. The Morgan fingerprint density at radius 2 is 1.58 bits per heavy atom. The number of nitrogens with zero attached hydrogens (tertiary/aromatic N) is 2. The summed E-state index contributed by atoms with van der Waals surface area (Å²) in [6, 6.07) is 27.6. The number of fused-ring (bicyclic) bond motifs is 2. The van der Waals surface area contributed by atoms with Crippen LogP contribution in [0.5, 0.6) is 0 Å². The fourth-order valence-corrected chi connectivity index (χ4v) is 3.77. The van der Waals surface area contributed by atoms with Crippen LogP contribution in [-0.2, 0) is 6.54 Å². The van der Waals surface area contributed by atoms with Crippen molar-refractivity contribution in [3.63, 3.8) is 0 Å². The summed E-state index contributed by atoms with van der Waals surface area (Å²) in [6.07, 6.45) is 2.20. The molecule has 0 unspecified atom stereocenters. The molecule has 5 aromatic rings. The average molecular weight is 338 g/mol. The second-order valence-electron chi connectivity index (χ2n) is 6.73. The molecule has 0 aliphatic rings. The largest absolute Gasteiger partial charge is 0.321 e. The SMILES string of the molecule is Cc1c(-n2c[n+](Cc3ccccc3)c3ccccc32)[nH]c2ccccc12. The first-order chi connectivity index (χ1) is 12.8. The number of nitrogens with one attached hydrogen (secondary N) is 1. The van der Waals surface area contributed by atoms with Crippen molar-refractivity contribution in [2.75, 3.05) is 0 Å². The zero-order valence-corrected chi connectivity index (χ0v) is 14.7. The lowest BCUT2D eigenvalue weighted by atomic mass is 10.2. The zero-order chi connectivity index (χ0) is 17.5. The molecule has 0 saturated heterocycles. The molecule has 1 N–H and O–H groups in total. The van der Waals surface area contributed by atoms with E-state index in [1.807, 2.05) is 0 Å². The summed E-state index contributed by atoms with van der Waals surface area (Å²) in [6.45, 7) is 3.04. The predicted molar refractivity (Wildman–Crippen MR) is 106 cm³/mol. The number of imidazole rings is 1. The molecule has 0 bridgehead atoms. The van der Waals surface area contributed by atoms with E-state index >= 15 is 0 Å². The number of benzene rings is 3. The highest BCUT2D eigenvalue weighted by Crippen LogP contribution is 2.26. The van der Waals surface area contributed by atoms with Crippen molar-refractivity contribution in [3.8, 4) is 5.82 Å². The van der Waals surface area contributed by atoms with Crippen LogP contribution in [0.3, 0.4) is 0 Å². The lowest BCUT2D eigenvalue weighted by Gasteiger charge is -1.98. The smallest absolute Gasteiger partial charge is 0.251 e. The molecule has 2 heterocycles. The van der Waals surface area contributed by atoms with Gasteiger partial charge in [-0.25, -0.2) is 4.57 Å². The molecule has 26 heavy (non-hydrogen) atoms. The second-order valence-corrected chi connectivity index (χ2v) is 6.73. The minimum absolute atomic E-state index is 0.855. The molecular weight excluding hydrogens is 318 g/mol. The van der Waals surface area contributed by atoms with Crippen molar-refractivity contribution in [1.29, 1.82) is 0 Å². The number of H-pyrrole nitrogens is 1. The molecule has 3 heteroatoms. The van der Waals surface area contributed by atoms with E-state index in [1.54, 1.807) is 0 Å². The van der Waals surface area contributed by atoms with E-state index in [2.05, 4.69) is 106 Å². The van der Waals surface area contributed by atoms with E-state index < -0.39 is 0 Å². The van der Waals surface area contributed by atoms with Crippen molar-refractivity contribution in [3.05, 3.63) is 96.3 Å². The van der Waals surface area contributed by atoms with Gasteiger partial charge in [-0.3, -0.25) is 0 Å². The van der Waals surface area contributed by atoms with Gasteiger partial charge in [0.15, 0.2) is 11.0 Å². The van der Waals surface area contributed by atoms with Gasteiger partial charge in [-0.1, -0.05) is 60.7 Å². The van der Waals surface area contributed by atoms with Crippen molar-refractivity contribution < 1.29 is 4.57 Å². The van der Waals surface area contributed by atoms with Crippen LogP contribution in [0, 0.1) is 6.92 Å². The van der Waals surface area contributed by atoms with Gasteiger partial charge in [0.05, 0.1) is 0 Å². The summed E-state index contributed by atoms with van der Waals surface area (Å²) in [5.41, 5.74) is 6.18. The minimum atomic E-state index is 0.855. The Labute approximate surface area is 152 Å². The number of aryl methyl sites for hydroxylation is 1. The zero-order valence-electron chi connectivity index (χ0n) is 14.7. The highest BCUT2D eigenvalue weighted by molar-refractivity contribution is 5.87. The first-order valence-corrected chi connectivity index (χ1v) is 8.92. The predicted octanol–water partition coefficient (Wildman–Crippen LogP) is 4.76. The topological polar surface area (TPSA) is 24.6 Å². The highest BCUT2D eigenvalue weighted by atomic mass is 15.2. The monoisotopic (exact) mass is 338 g/mol. The first-order valence-electron chi connectivity index (χ1n) is 8.92. The summed E-state index contributed by atoms with van der Waals surface area (Å²) < 4.78 is 4.59. The van der Waals surface area contributed by atoms with Crippen LogP contribution in [0.25, 0.3) is 27.8 Å². The van der Waals surface area contributed by atoms with Gasteiger partial charge in [-0.05, 0) is 30.7 Å². The number of aromatic amines is 1. The normalized spacial score (nSPS) is 11.4. The van der Waals surface area contributed by atoms with E-state index in [-0.39, 0.29) is 0 Å². The van der Waals surface area contributed by atoms with E-state index in [0.717, 1.165) is 12.4 Å². The maximum Gasteiger partial charge on any atom is 0.251 e. The molecule has 5 rings (SSSR count). The molecule has 0 saturated carbocycles. The molecule has 0 spiro atoms. The van der Waals surface area contributed by atoms with Crippen molar-refractivity contribution in [2.24, 2.45) is 0 Å². The molecule has 3 nitrogen and oxygen atoms in total. The Hall–Kier alpha value is -3.33. The van der Waals surface area contributed by atoms with Gasteiger partial charge in [0.2, 0.25) is 5.82 Å². The lowest BCUT2D eigenvalue weighted by Crippen LogP contribution is -2.32. The Morgan fingerprint density at radius 1 is 0.846 bits per heavy atom. The number of rotatable bonds is 3. The van der Waals surface area contributed by atoms with E-state index in [9.17, 15) is 0 Å². The maximum absolute atomic E-state index is 3.60. The summed E-state index contributed by atoms with van der Waals surface area (Å²) in [5.74, 6) is 1.13. The first kappa shape index (κ1) is 15.0. The van der Waals surface area contributed by atoms with E-state index in [0.29, 0.717) is 0 Å². The summed E-state index contributed by atoms with van der Waals surface area (Å²) in [4.78, 5) is 3.60. The summed E-state index contributed by atoms with van der Waals surface area (Å²) in [5, 5.41) is 1.27. The standard InChI is InChI=1S/C23H20N3/c1-17-19-11-5-6-12-20(19)24-23(17)26-16-25(15-18-9-3-2-4-10-18)21-13-7-8-14-22(21)26/h2-14,16,24H,15H2,1H3/q+1. The van der Waals surface area contributed by atoms with Crippen LogP contribution in [0.15, 0.2) is 85.2 Å². The Bertz CT molecular complexity index is 1210. The van der Waals surface area contributed by atoms with Crippen LogP contribution >= 0.6 is 0 Å². The Kier molecular flexibility index (Phi) is 3.39. The molecule has 126 valence electrons. The highest BCUT2D eigenvalue weighted by Gasteiger charge is 2.21. The van der Waals surface area contributed by atoms with Gasteiger partial charge in [0.1, 0.15) is 6.54 Å². The molecule has 0 fully saturated rings. The molecule has 0 amide bonds. The maximum atomic E-state index is 3.60. The number of hydrogen-bond donors (Lipinski definition) is 1. The summed E-state index contributed by atoms with van der Waals surface area (Å²) >= 11 is 0. The van der Waals surface area contributed by atoms with Gasteiger partial charge >= 0.3 is 0 Å². The number of aromatic nitrogens is 3. The van der Waals surface area contributed by atoms with Crippen molar-refractivity contribution in [2.45, 2.75) is 13.5 Å². The minimum Gasteiger partial charge on any atom is -0.321 e. The number of para-hydroxylation sites is 3. The van der Waals surface area contributed by atoms with Gasteiger partial charge in [0, 0.05) is 16.5 Å². The quantitative estimate of drug-likeness (QED) is 0.459.